The van der Waals surface area contributed by atoms with Crippen LogP contribution in [0.15, 0.2) is 29.6 Å². The van der Waals surface area contributed by atoms with Gasteiger partial charge < -0.3 is 15.5 Å². The Kier molecular flexibility index (Phi) is 5.24. The molecule has 1 spiro atoms. The predicted molar refractivity (Wildman–Crippen MR) is 116 cm³/mol. The van der Waals surface area contributed by atoms with Crippen LogP contribution in [0.3, 0.4) is 0 Å². The fourth-order valence-electron chi connectivity index (χ4n) is 4.30. The maximum atomic E-state index is 13.5. The van der Waals surface area contributed by atoms with Gasteiger partial charge >= 0.3 is 6.18 Å². The summed E-state index contributed by atoms with van der Waals surface area (Å²) in [6, 6.07) is 2.36. The van der Waals surface area contributed by atoms with Gasteiger partial charge in [-0.15, -0.1) is 0 Å². The lowest BCUT2D eigenvalue weighted by Gasteiger charge is -2.39. The Balaban J connectivity index is 1.46. The van der Waals surface area contributed by atoms with E-state index in [9.17, 15) is 18.0 Å². The number of nitrogens with one attached hydrogen (secondary N) is 3. The zero-order chi connectivity index (χ0) is 24.1. The molecular formula is C20H16ClF3N8O2. The maximum absolute atomic E-state index is 13.5. The second-order valence-electron chi connectivity index (χ2n) is 7.81. The third-order valence-corrected chi connectivity index (χ3v) is 5.99. The molecule has 1 aliphatic heterocycles. The number of ether oxygens (including phenoxy) is 1. The molecule has 2 aliphatic rings. The van der Waals surface area contributed by atoms with Crippen LogP contribution in [0.1, 0.15) is 35.6 Å². The Morgan fingerprint density at radius 3 is 2.82 bits per heavy atom. The number of hydrogen-bond donors (Lipinski definition) is 3. The lowest BCUT2D eigenvalue weighted by molar-refractivity contribution is -0.159. The first-order valence-electron chi connectivity index (χ1n) is 10.1. The van der Waals surface area contributed by atoms with E-state index >= 15 is 0 Å². The molecule has 3 aromatic heterocycles. The van der Waals surface area contributed by atoms with E-state index in [2.05, 4.69) is 30.9 Å². The number of anilines is 2. The average Bonchev–Trinajstić information content (AvgIpc) is 3.31. The summed E-state index contributed by atoms with van der Waals surface area (Å²) in [4.78, 5) is 21.2. The van der Waals surface area contributed by atoms with Gasteiger partial charge in [0, 0.05) is 30.5 Å². The Hall–Kier alpha value is -3.58. The van der Waals surface area contributed by atoms with Gasteiger partial charge in [-0.25, -0.2) is 14.5 Å². The van der Waals surface area contributed by atoms with Crippen molar-refractivity contribution < 1.29 is 22.7 Å². The van der Waals surface area contributed by atoms with Gasteiger partial charge in [0.25, 0.3) is 0 Å². The normalized spacial score (nSPS) is 21.6. The van der Waals surface area contributed by atoms with Crippen molar-refractivity contribution in [3.05, 3.63) is 46.5 Å². The molecule has 14 heteroatoms. The zero-order valence-electron chi connectivity index (χ0n) is 17.2. The van der Waals surface area contributed by atoms with Gasteiger partial charge in [0.05, 0.1) is 36.3 Å². The van der Waals surface area contributed by atoms with E-state index in [1.54, 1.807) is 16.8 Å². The highest BCUT2D eigenvalue weighted by Gasteiger charge is 2.53. The maximum Gasteiger partial charge on any atom is 0.420 e. The fraction of sp³-hybridized carbons (Fsp3) is 0.300. The number of alkyl halides is 3. The highest BCUT2D eigenvalue weighted by Crippen LogP contribution is 2.53. The Bertz CT molecular complexity index is 1340. The molecule has 1 fully saturated rings. The minimum absolute atomic E-state index is 0.132. The third-order valence-electron chi connectivity index (χ3n) is 5.80. The molecule has 2 atom stereocenters. The molecule has 0 aromatic carbocycles. The molecule has 5 rings (SSSR count). The number of hydrogen-bond acceptors (Lipinski definition) is 8. The number of hydrazone groups is 1. The largest absolute Gasteiger partial charge is 0.420 e. The topological polar surface area (TPSA) is 130 Å². The van der Waals surface area contributed by atoms with Gasteiger partial charge in [-0.05, 0) is 12.5 Å². The van der Waals surface area contributed by atoms with Crippen LogP contribution in [0.4, 0.5) is 24.7 Å². The van der Waals surface area contributed by atoms with Crippen LogP contribution in [0.5, 0.6) is 0 Å². The second-order valence-corrected chi connectivity index (χ2v) is 8.20. The van der Waals surface area contributed by atoms with Crippen molar-refractivity contribution in [3.8, 4) is 0 Å². The van der Waals surface area contributed by atoms with Crippen LogP contribution in [0.2, 0.25) is 5.15 Å². The molecule has 10 nitrogen and oxygen atoms in total. The molecule has 4 heterocycles. The monoisotopic (exact) mass is 492 g/mol. The molecule has 1 amide bonds. The van der Waals surface area contributed by atoms with E-state index in [4.69, 9.17) is 21.7 Å². The molecular weight excluding hydrogens is 477 g/mol. The van der Waals surface area contributed by atoms with Crippen molar-refractivity contribution in [2.24, 2.45) is 5.10 Å². The Labute approximate surface area is 194 Å². The minimum Gasteiger partial charge on any atom is -0.368 e. The molecule has 3 N–H and O–H groups in total. The van der Waals surface area contributed by atoms with Crippen molar-refractivity contribution in [2.45, 2.75) is 30.5 Å². The molecule has 0 unspecified atom stereocenters. The average molecular weight is 493 g/mol. The summed E-state index contributed by atoms with van der Waals surface area (Å²) in [5, 5.41) is 17.3. The summed E-state index contributed by atoms with van der Waals surface area (Å²) in [5.41, 5.74) is 1.92. The smallest absolute Gasteiger partial charge is 0.368 e. The number of nitrogens with zero attached hydrogens (tertiary/aromatic N) is 5. The van der Waals surface area contributed by atoms with Crippen LogP contribution >= 0.6 is 11.6 Å². The van der Waals surface area contributed by atoms with Crippen molar-refractivity contribution in [3.63, 3.8) is 0 Å². The highest BCUT2D eigenvalue weighted by molar-refractivity contribution is 6.29. The van der Waals surface area contributed by atoms with E-state index in [1.165, 1.54) is 0 Å². The third kappa shape index (κ3) is 3.66. The summed E-state index contributed by atoms with van der Waals surface area (Å²) in [5.74, 6) is -1.80. The molecule has 176 valence electrons. The standard InChI is InChI=1S/C20H16ClF3N8O2/c21-14-6-15-26-9-12-11(7-19(1-4-34-19)16(12)32(15)31-14)18(33)29-10-5-13(20(22,23)24)17(27-8-10)30-28-3-2-25/h2-3,5-6,8-9,11,25H,1,4,7H2,(H,27,30)(H,29,33)/b25-2?,28-3-/t11-,19-/m0/s1. The summed E-state index contributed by atoms with van der Waals surface area (Å²) >= 11 is 6.03. The number of aromatic nitrogens is 4. The molecule has 0 radical (unpaired) electrons. The van der Waals surface area contributed by atoms with Gasteiger partial charge in [0.1, 0.15) is 11.2 Å². The van der Waals surface area contributed by atoms with E-state index in [0.717, 1.165) is 24.7 Å². The van der Waals surface area contributed by atoms with E-state index in [0.29, 0.717) is 36.4 Å². The summed E-state index contributed by atoms with van der Waals surface area (Å²) in [6.07, 6.45) is 0.611. The van der Waals surface area contributed by atoms with Crippen molar-refractivity contribution in [1.29, 1.82) is 5.41 Å². The molecule has 1 saturated heterocycles. The fourth-order valence-corrected chi connectivity index (χ4v) is 4.47. The number of carbonyl (C=O) groups excluding carboxylic acids is 1. The first-order valence-corrected chi connectivity index (χ1v) is 10.4. The zero-order valence-corrected chi connectivity index (χ0v) is 18.0. The van der Waals surface area contributed by atoms with Crippen LogP contribution in [-0.4, -0.2) is 44.5 Å². The lowest BCUT2D eigenvalue weighted by atomic mass is 9.90. The molecule has 0 bridgehead atoms. The number of carbonyl (C=O) groups is 1. The first-order chi connectivity index (χ1) is 16.2. The van der Waals surface area contributed by atoms with E-state index < -0.39 is 35.0 Å². The van der Waals surface area contributed by atoms with Crippen LogP contribution in [0.25, 0.3) is 5.65 Å². The molecule has 34 heavy (non-hydrogen) atoms. The highest BCUT2D eigenvalue weighted by atomic mass is 35.5. The molecule has 0 saturated carbocycles. The van der Waals surface area contributed by atoms with Gasteiger partial charge in [-0.3, -0.25) is 10.2 Å². The van der Waals surface area contributed by atoms with Crippen LogP contribution in [0, 0.1) is 5.41 Å². The predicted octanol–water partition coefficient (Wildman–Crippen LogP) is 3.59. The molecule has 1 aliphatic carbocycles. The number of pyridine rings is 1. The number of halogens is 4. The summed E-state index contributed by atoms with van der Waals surface area (Å²) < 4.78 is 48.1. The number of fused-ring (bicyclic) bond motifs is 4. The van der Waals surface area contributed by atoms with Gasteiger partial charge in [-0.1, -0.05) is 11.6 Å². The van der Waals surface area contributed by atoms with E-state index in [-0.39, 0.29) is 10.8 Å². The summed E-state index contributed by atoms with van der Waals surface area (Å²) in [6.45, 7) is 0.514. The minimum atomic E-state index is -4.76. The number of rotatable bonds is 5. The van der Waals surface area contributed by atoms with Gasteiger partial charge in [0.15, 0.2) is 16.6 Å². The second kappa shape index (κ2) is 8.02. The number of amides is 1. The van der Waals surface area contributed by atoms with Crippen molar-refractivity contribution in [2.75, 3.05) is 17.3 Å². The van der Waals surface area contributed by atoms with Crippen molar-refractivity contribution in [1.82, 2.24) is 19.6 Å². The first kappa shape index (κ1) is 22.2. The van der Waals surface area contributed by atoms with Crippen LogP contribution < -0.4 is 10.7 Å². The van der Waals surface area contributed by atoms with Gasteiger partial charge in [0.2, 0.25) is 5.91 Å². The quantitative estimate of drug-likeness (QED) is 0.369. The van der Waals surface area contributed by atoms with Crippen LogP contribution in [-0.2, 0) is 21.3 Å². The van der Waals surface area contributed by atoms with Crippen molar-refractivity contribution >= 4 is 47.1 Å². The summed E-state index contributed by atoms with van der Waals surface area (Å²) in [7, 11) is 0. The van der Waals surface area contributed by atoms with Gasteiger partial charge in [-0.2, -0.15) is 23.4 Å². The lowest BCUT2D eigenvalue weighted by Crippen LogP contribution is -2.40. The molecule has 3 aromatic rings. The Morgan fingerprint density at radius 2 is 2.15 bits per heavy atom. The SMILES string of the molecule is N=C/C=N\Nc1ncc(NC(=O)[C@H]2C[C@@]3(CCO3)c3c2cnc2cc(Cl)nn32)cc1C(F)(F)F. The Morgan fingerprint density at radius 1 is 1.35 bits per heavy atom. The van der Waals surface area contributed by atoms with E-state index in [1.807, 2.05) is 0 Å².